The molecule has 4 heteroatoms. The van der Waals surface area contributed by atoms with Crippen LogP contribution in [-0.4, -0.2) is 18.3 Å². The maximum atomic E-state index is 10.7. The van der Waals surface area contributed by atoms with Gasteiger partial charge in [0.25, 0.3) is 0 Å². The van der Waals surface area contributed by atoms with E-state index < -0.39 is 0 Å². The van der Waals surface area contributed by atoms with Crippen molar-refractivity contribution in [3.05, 3.63) is 0 Å². The van der Waals surface area contributed by atoms with Gasteiger partial charge in [0.2, 0.25) is 0 Å². The van der Waals surface area contributed by atoms with Crippen LogP contribution in [-0.2, 0) is 9.53 Å². The summed E-state index contributed by atoms with van der Waals surface area (Å²) in [4.78, 5) is 10.7. The van der Waals surface area contributed by atoms with Gasteiger partial charge in [-0.25, -0.2) is 0 Å². The Kier molecular flexibility index (Phi) is 4.27. The molecule has 14 heavy (non-hydrogen) atoms. The minimum absolute atomic E-state index is 0.0755. The van der Waals surface area contributed by atoms with Crippen LogP contribution >= 0.6 is 11.8 Å². The molecule has 1 aliphatic rings. The van der Waals surface area contributed by atoms with Gasteiger partial charge in [0.15, 0.2) is 0 Å². The maximum absolute atomic E-state index is 10.7. The Morgan fingerprint density at radius 3 is 2.71 bits per heavy atom. The average Bonchev–Trinajstić information content (AvgIpc) is 2.61. The third kappa shape index (κ3) is 3.22. The number of thiocyanates is 1. The Morgan fingerprint density at radius 2 is 2.21 bits per heavy atom. The summed E-state index contributed by atoms with van der Waals surface area (Å²) in [5, 5.41) is 10.6. The molecule has 0 saturated heterocycles. The molecule has 1 saturated carbocycles. The zero-order chi connectivity index (χ0) is 10.4. The number of hydrogen-bond donors (Lipinski definition) is 0. The number of carbonyl (C=O) groups excluding carboxylic acids is 1. The first kappa shape index (κ1) is 11.4. The second-order valence-corrected chi connectivity index (χ2v) is 4.63. The lowest BCUT2D eigenvalue weighted by Crippen LogP contribution is -2.27. The van der Waals surface area contributed by atoms with Crippen molar-refractivity contribution in [1.29, 1.82) is 5.26 Å². The van der Waals surface area contributed by atoms with E-state index in [1.54, 1.807) is 0 Å². The van der Waals surface area contributed by atoms with Crippen molar-refractivity contribution in [3.8, 4) is 5.40 Å². The largest absolute Gasteiger partial charge is 0.465 e. The van der Waals surface area contributed by atoms with Crippen LogP contribution in [0.4, 0.5) is 0 Å². The number of carbonyl (C=O) groups is 1. The second kappa shape index (κ2) is 5.26. The molecule has 0 aromatic rings. The Morgan fingerprint density at radius 1 is 1.57 bits per heavy atom. The van der Waals surface area contributed by atoms with Crippen LogP contribution in [0.2, 0.25) is 0 Å². The van der Waals surface area contributed by atoms with Gasteiger partial charge in [-0.05, 0) is 24.6 Å². The highest BCUT2D eigenvalue weighted by Gasteiger charge is 2.35. The van der Waals surface area contributed by atoms with Gasteiger partial charge in [-0.15, -0.1) is 0 Å². The fraction of sp³-hybridized carbons (Fsp3) is 0.800. The standard InChI is InChI=1S/C10H15NO2S/c1-9(12)13-6-10(7-14-8-11)4-2-3-5-10/h2-7H2,1H3. The minimum Gasteiger partial charge on any atom is -0.465 e. The van der Waals surface area contributed by atoms with Crippen LogP contribution in [0.1, 0.15) is 32.6 Å². The van der Waals surface area contributed by atoms with Crippen molar-refractivity contribution in [1.82, 2.24) is 0 Å². The predicted molar refractivity (Wildman–Crippen MR) is 55.6 cm³/mol. The summed E-state index contributed by atoms with van der Waals surface area (Å²) in [5.41, 5.74) is 0.0755. The molecule has 3 nitrogen and oxygen atoms in total. The zero-order valence-corrected chi connectivity index (χ0v) is 9.23. The third-order valence-electron chi connectivity index (χ3n) is 2.69. The second-order valence-electron chi connectivity index (χ2n) is 3.87. The number of hydrogen-bond acceptors (Lipinski definition) is 4. The number of nitrogens with zero attached hydrogens (tertiary/aromatic N) is 1. The van der Waals surface area contributed by atoms with Crippen molar-refractivity contribution in [2.24, 2.45) is 5.41 Å². The molecule has 0 atom stereocenters. The summed E-state index contributed by atoms with van der Waals surface area (Å²) in [7, 11) is 0. The Bertz CT molecular complexity index is 241. The molecule has 1 fully saturated rings. The number of rotatable bonds is 4. The van der Waals surface area contributed by atoms with Crippen LogP contribution < -0.4 is 0 Å². The molecule has 0 unspecified atom stereocenters. The van der Waals surface area contributed by atoms with Crippen molar-refractivity contribution >= 4 is 17.7 Å². The summed E-state index contributed by atoms with van der Waals surface area (Å²) < 4.78 is 5.06. The van der Waals surface area contributed by atoms with E-state index in [4.69, 9.17) is 10.00 Å². The first-order valence-corrected chi connectivity index (χ1v) is 5.81. The molecule has 78 valence electrons. The SMILES string of the molecule is CC(=O)OCC1(CSC#N)CCCC1. The van der Waals surface area contributed by atoms with Gasteiger partial charge in [-0.3, -0.25) is 4.79 Å². The molecule has 0 radical (unpaired) electrons. The summed E-state index contributed by atoms with van der Waals surface area (Å²) in [6, 6.07) is 0. The lowest BCUT2D eigenvalue weighted by Gasteiger charge is -2.26. The summed E-state index contributed by atoms with van der Waals surface area (Å²) in [5.74, 6) is 0.565. The fourth-order valence-corrected chi connectivity index (χ4v) is 2.64. The highest BCUT2D eigenvalue weighted by atomic mass is 32.2. The van der Waals surface area contributed by atoms with Crippen molar-refractivity contribution < 1.29 is 9.53 Å². The molecule has 0 N–H and O–H groups in total. The van der Waals surface area contributed by atoms with Gasteiger partial charge in [0.05, 0.1) is 6.61 Å². The highest BCUT2D eigenvalue weighted by molar-refractivity contribution is 8.03. The predicted octanol–water partition coefficient (Wildman–Crippen LogP) is 2.32. The number of esters is 1. The lowest BCUT2D eigenvalue weighted by atomic mass is 9.90. The van der Waals surface area contributed by atoms with E-state index >= 15 is 0 Å². The maximum Gasteiger partial charge on any atom is 0.302 e. The van der Waals surface area contributed by atoms with Gasteiger partial charge in [0.1, 0.15) is 5.40 Å². The highest BCUT2D eigenvalue weighted by Crippen LogP contribution is 2.40. The number of nitriles is 1. The van der Waals surface area contributed by atoms with E-state index in [9.17, 15) is 4.79 Å². The number of ether oxygens (including phenoxy) is 1. The van der Waals surface area contributed by atoms with Crippen molar-refractivity contribution in [3.63, 3.8) is 0 Å². The van der Waals surface area contributed by atoms with E-state index in [2.05, 4.69) is 5.40 Å². The molecule has 1 aliphatic carbocycles. The van der Waals surface area contributed by atoms with E-state index in [0.717, 1.165) is 18.6 Å². The van der Waals surface area contributed by atoms with E-state index in [0.29, 0.717) is 6.61 Å². The van der Waals surface area contributed by atoms with Gasteiger partial charge in [0, 0.05) is 18.1 Å². The zero-order valence-electron chi connectivity index (χ0n) is 8.41. The summed E-state index contributed by atoms with van der Waals surface area (Å²) >= 11 is 1.27. The lowest BCUT2D eigenvalue weighted by molar-refractivity contribution is -0.144. The molecule has 0 amide bonds. The summed E-state index contributed by atoms with van der Waals surface area (Å²) in [6.07, 6.45) is 4.53. The monoisotopic (exact) mass is 213 g/mol. The molecule has 1 rings (SSSR count). The molecule has 0 spiro atoms. The van der Waals surface area contributed by atoms with Gasteiger partial charge in [-0.1, -0.05) is 12.8 Å². The first-order valence-electron chi connectivity index (χ1n) is 4.83. The average molecular weight is 213 g/mol. The van der Waals surface area contributed by atoms with Gasteiger partial charge >= 0.3 is 5.97 Å². The van der Waals surface area contributed by atoms with Crippen LogP contribution in [0.15, 0.2) is 0 Å². The van der Waals surface area contributed by atoms with Gasteiger partial charge in [-0.2, -0.15) is 5.26 Å². The molecule has 0 bridgehead atoms. The van der Waals surface area contributed by atoms with E-state index in [1.165, 1.54) is 31.5 Å². The Hall–Kier alpha value is -0.690. The first-order chi connectivity index (χ1) is 6.68. The van der Waals surface area contributed by atoms with Crippen LogP contribution in [0.5, 0.6) is 0 Å². The van der Waals surface area contributed by atoms with Crippen molar-refractivity contribution in [2.45, 2.75) is 32.6 Å². The smallest absolute Gasteiger partial charge is 0.302 e. The van der Waals surface area contributed by atoms with Crippen LogP contribution in [0.25, 0.3) is 0 Å². The van der Waals surface area contributed by atoms with Crippen LogP contribution in [0.3, 0.4) is 0 Å². The van der Waals surface area contributed by atoms with Crippen molar-refractivity contribution in [2.75, 3.05) is 12.4 Å². The molecule has 0 heterocycles. The molecule has 0 aromatic heterocycles. The third-order valence-corrected chi connectivity index (χ3v) is 3.57. The Labute approximate surface area is 88.8 Å². The summed E-state index contributed by atoms with van der Waals surface area (Å²) in [6.45, 7) is 1.91. The quantitative estimate of drug-likeness (QED) is 0.531. The van der Waals surface area contributed by atoms with Crippen LogP contribution in [0, 0.1) is 16.1 Å². The number of thioether (sulfide) groups is 1. The van der Waals surface area contributed by atoms with E-state index in [1.807, 2.05) is 0 Å². The molecular formula is C10H15NO2S. The molecular weight excluding hydrogens is 198 g/mol. The minimum atomic E-state index is -0.224. The van der Waals surface area contributed by atoms with E-state index in [-0.39, 0.29) is 11.4 Å². The topological polar surface area (TPSA) is 50.1 Å². The van der Waals surface area contributed by atoms with Gasteiger partial charge < -0.3 is 4.74 Å². The Balaban J connectivity index is 2.44. The molecule has 0 aromatic carbocycles. The normalized spacial score (nSPS) is 18.9. The molecule has 0 aliphatic heterocycles. The fourth-order valence-electron chi connectivity index (χ4n) is 1.90.